The maximum atomic E-state index is 5.00. The molecule has 1 atom stereocenters. The Morgan fingerprint density at radius 3 is 2.19 bits per heavy atom. The minimum atomic E-state index is 0.224. The van der Waals surface area contributed by atoms with Crippen LogP contribution in [0.15, 0.2) is 90.0 Å². The van der Waals surface area contributed by atoms with Gasteiger partial charge in [0.15, 0.2) is 0 Å². The van der Waals surface area contributed by atoms with Crippen molar-refractivity contribution in [3.05, 3.63) is 102 Å². The summed E-state index contributed by atoms with van der Waals surface area (Å²) < 4.78 is 0. The molecule has 4 rings (SSSR count). The van der Waals surface area contributed by atoms with Gasteiger partial charge in [-0.2, -0.15) is 5.10 Å². The lowest BCUT2D eigenvalue weighted by Gasteiger charge is -2.24. The number of anilines is 1. The monoisotopic (exact) mass is 341 g/mol. The maximum Gasteiger partial charge on any atom is 0.0831 e. The molecule has 130 valence electrons. The van der Waals surface area contributed by atoms with Crippen molar-refractivity contribution in [1.82, 2.24) is 5.32 Å². The van der Waals surface area contributed by atoms with Crippen molar-refractivity contribution < 1.29 is 0 Å². The second-order valence-electron chi connectivity index (χ2n) is 6.58. The second-order valence-corrected chi connectivity index (χ2v) is 6.58. The molecule has 0 spiro atoms. The van der Waals surface area contributed by atoms with Gasteiger partial charge in [0.1, 0.15) is 0 Å². The van der Waals surface area contributed by atoms with Crippen LogP contribution in [0.1, 0.15) is 29.2 Å². The number of nitrogens with one attached hydrogen (secondary N) is 1. The van der Waals surface area contributed by atoms with E-state index in [0.29, 0.717) is 0 Å². The third kappa shape index (κ3) is 3.39. The van der Waals surface area contributed by atoms with E-state index in [1.54, 1.807) is 0 Å². The fourth-order valence-corrected chi connectivity index (χ4v) is 3.46. The summed E-state index contributed by atoms with van der Waals surface area (Å²) in [6.45, 7) is 0.876. The lowest BCUT2D eigenvalue weighted by atomic mass is 9.98. The highest BCUT2D eigenvalue weighted by Gasteiger charge is 2.29. The minimum absolute atomic E-state index is 0.224. The zero-order valence-corrected chi connectivity index (χ0v) is 15.0. The first-order valence-corrected chi connectivity index (χ1v) is 9.06. The first-order valence-electron chi connectivity index (χ1n) is 9.06. The van der Waals surface area contributed by atoms with Gasteiger partial charge in [-0.05, 0) is 35.9 Å². The van der Waals surface area contributed by atoms with E-state index in [1.807, 2.05) is 13.1 Å². The summed E-state index contributed by atoms with van der Waals surface area (Å²) >= 11 is 0. The highest BCUT2D eigenvalue weighted by molar-refractivity contribution is 6.03. The lowest BCUT2D eigenvalue weighted by Crippen LogP contribution is -2.18. The van der Waals surface area contributed by atoms with Crippen LogP contribution < -0.4 is 10.3 Å². The highest BCUT2D eigenvalue weighted by Crippen LogP contribution is 2.36. The molecule has 0 aromatic heterocycles. The molecule has 0 radical (unpaired) electrons. The topological polar surface area (TPSA) is 27.6 Å². The molecule has 0 fully saturated rings. The van der Waals surface area contributed by atoms with E-state index in [1.165, 1.54) is 16.7 Å². The number of nitrogens with zero attached hydrogens (tertiary/aromatic N) is 2. The number of rotatable bonds is 5. The zero-order chi connectivity index (χ0) is 17.8. The van der Waals surface area contributed by atoms with Crippen molar-refractivity contribution in [3.63, 3.8) is 0 Å². The molecule has 0 bridgehead atoms. The van der Waals surface area contributed by atoms with Gasteiger partial charge in [-0.3, -0.25) is 5.01 Å². The number of hydrazone groups is 1. The van der Waals surface area contributed by atoms with Gasteiger partial charge in [0.25, 0.3) is 0 Å². The van der Waals surface area contributed by atoms with Crippen LogP contribution in [0.25, 0.3) is 0 Å². The summed E-state index contributed by atoms with van der Waals surface area (Å²) in [6, 6.07) is 30.0. The van der Waals surface area contributed by atoms with E-state index in [2.05, 4.69) is 89.2 Å². The molecular formula is C23H23N3. The normalized spacial score (nSPS) is 16.6. The van der Waals surface area contributed by atoms with Crippen LogP contribution in [0.5, 0.6) is 0 Å². The van der Waals surface area contributed by atoms with Crippen LogP contribution in [0, 0.1) is 0 Å². The van der Waals surface area contributed by atoms with Crippen molar-refractivity contribution >= 4 is 11.4 Å². The predicted molar refractivity (Wildman–Crippen MR) is 108 cm³/mol. The Balaban J connectivity index is 1.70. The fraction of sp³-hybridized carbons (Fsp3) is 0.174. The van der Waals surface area contributed by atoms with Gasteiger partial charge in [-0.15, -0.1) is 0 Å². The number of hydrogen-bond donors (Lipinski definition) is 1. The van der Waals surface area contributed by atoms with Crippen LogP contribution in [0.2, 0.25) is 0 Å². The molecule has 1 aliphatic rings. The maximum absolute atomic E-state index is 5.00. The van der Waals surface area contributed by atoms with Gasteiger partial charge in [0.05, 0.1) is 17.4 Å². The predicted octanol–water partition coefficient (Wildman–Crippen LogP) is 4.76. The summed E-state index contributed by atoms with van der Waals surface area (Å²) in [5.41, 5.74) is 6.03. The molecule has 3 aromatic carbocycles. The SMILES string of the molecule is CNCc1ccc(N2N=C(c3ccccc3)CC2c2ccccc2)cc1. The van der Waals surface area contributed by atoms with Gasteiger partial charge in [0.2, 0.25) is 0 Å². The smallest absolute Gasteiger partial charge is 0.0831 e. The van der Waals surface area contributed by atoms with E-state index in [4.69, 9.17) is 5.10 Å². The Bertz CT molecular complexity index is 870. The van der Waals surface area contributed by atoms with Crippen molar-refractivity contribution in [2.24, 2.45) is 5.10 Å². The van der Waals surface area contributed by atoms with Crippen LogP contribution in [0.4, 0.5) is 5.69 Å². The van der Waals surface area contributed by atoms with Crippen LogP contribution >= 0.6 is 0 Å². The third-order valence-corrected chi connectivity index (χ3v) is 4.78. The quantitative estimate of drug-likeness (QED) is 0.724. The largest absolute Gasteiger partial charge is 0.316 e. The van der Waals surface area contributed by atoms with Crippen molar-refractivity contribution in [3.8, 4) is 0 Å². The first kappa shape index (κ1) is 16.6. The highest BCUT2D eigenvalue weighted by atomic mass is 15.5. The molecule has 1 N–H and O–H groups in total. The summed E-state index contributed by atoms with van der Waals surface area (Å²) in [5.74, 6) is 0. The van der Waals surface area contributed by atoms with Gasteiger partial charge in [-0.1, -0.05) is 72.8 Å². The summed E-state index contributed by atoms with van der Waals surface area (Å²) in [7, 11) is 1.97. The molecule has 1 heterocycles. The summed E-state index contributed by atoms with van der Waals surface area (Å²) in [6.07, 6.45) is 0.909. The molecule has 1 unspecified atom stereocenters. The zero-order valence-electron chi connectivity index (χ0n) is 15.0. The van der Waals surface area contributed by atoms with Crippen LogP contribution in [-0.4, -0.2) is 12.8 Å². The number of benzene rings is 3. The molecule has 3 heteroatoms. The second kappa shape index (κ2) is 7.54. The summed E-state index contributed by atoms with van der Waals surface area (Å²) in [5, 5.41) is 10.4. The fourth-order valence-electron chi connectivity index (χ4n) is 3.46. The van der Waals surface area contributed by atoms with E-state index in [9.17, 15) is 0 Å². The standard InChI is InChI=1S/C23H23N3/c1-24-17-18-12-14-21(15-13-18)26-23(20-10-6-3-7-11-20)16-22(25-26)19-8-4-2-5-9-19/h2-15,23-24H,16-17H2,1H3. The Morgan fingerprint density at radius 1 is 0.885 bits per heavy atom. The lowest BCUT2D eigenvalue weighted by molar-refractivity contribution is 0.708. The molecule has 1 aliphatic heterocycles. The molecule has 0 aliphatic carbocycles. The molecule has 3 aromatic rings. The number of hydrogen-bond acceptors (Lipinski definition) is 3. The summed E-state index contributed by atoms with van der Waals surface area (Å²) in [4.78, 5) is 0. The van der Waals surface area contributed by atoms with Gasteiger partial charge in [0, 0.05) is 13.0 Å². The molecule has 26 heavy (non-hydrogen) atoms. The Kier molecular flexibility index (Phi) is 4.80. The average Bonchev–Trinajstić information content (AvgIpc) is 3.16. The third-order valence-electron chi connectivity index (χ3n) is 4.78. The van der Waals surface area contributed by atoms with Crippen LogP contribution in [-0.2, 0) is 6.54 Å². The minimum Gasteiger partial charge on any atom is -0.316 e. The molecule has 0 saturated carbocycles. The van der Waals surface area contributed by atoms with E-state index < -0.39 is 0 Å². The van der Waals surface area contributed by atoms with E-state index in [-0.39, 0.29) is 6.04 Å². The van der Waals surface area contributed by atoms with E-state index >= 15 is 0 Å². The Hall–Kier alpha value is -2.91. The average molecular weight is 341 g/mol. The van der Waals surface area contributed by atoms with E-state index in [0.717, 1.165) is 24.4 Å². The first-order chi connectivity index (χ1) is 12.8. The molecule has 0 amide bonds. The molecule has 0 saturated heterocycles. The van der Waals surface area contributed by atoms with Crippen molar-refractivity contribution in [2.45, 2.75) is 19.0 Å². The van der Waals surface area contributed by atoms with Crippen LogP contribution in [0.3, 0.4) is 0 Å². The van der Waals surface area contributed by atoms with Crippen molar-refractivity contribution in [1.29, 1.82) is 0 Å². The van der Waals surface area contributed by atoms with Gasteiger partial charge >= 0.3 is 0 Å². The Morgan fingerprint density at radius 2 is 1.54 bits per heavy atom. The Labute approximate surface area is 155 Å². The van der Waals surface area contributed by atoms with Gasteiger partial charge in [-0.25, -0.2) is 0 Å². The van der Waals surface area contributed by atoms with Crippen molar-refractivity contribution in [2.75, 3.05) is 12.1 Å². The molecule has 3 nitrogen and oxygen atoms in total. The molecular weight excluding hydrogens is 318 g/mol. The van der Waals surface area contributed by atoms with Gasteiger partial charge < -0.3 is 5.32 Å².